The van der Waals surface area contributed by atoms with Gasteiger partial charge in [0.05, 0.1) is 0 Å². The van der Waals surface area contributed by atoms with Gasteiger partial charge in [-0.25, -0.2) is 4.39 Å². The monoisotopic (exact) mass is 458 g/mol. The van der Waals surface area contributed by atoms with Crippen LogP contribution in [0.4, 0.5) is 4.39 Å². The Bertz CT molecular complexity index is 1060. The lowest BCUT2D eigenvalue weighted by Gasteiger charge is -2.30. The second-order valence-corrected chi connectivity index (χ2v) is 10.1. The zero-order valence-corrected chi connectivity index (χ0v) is 20.5. The Balaban J connectivity index is 1.57. The van der Waals surface area contributed by atoms with Gasteiger partial charge in [-0.15, -0.1) is 0 Å². The van der Waals surface area contributed by atoms with Gasteiger partial charge in [-0.1, -0.05) is 74.0 Å². The first-order valence-corrected chi connectivity index (χ1v) is 12.3. The number of halogens is 1. The van der Waals surface area contributed by atoms with Crippen molar-refractivity contribution in [3.63, 3.8) is 0 Å². The van der Waals surface area contributed by atoms with Crippen LogP contribution in [0.25, 0.3) is 0 Å². The number of benzene rings is 3. The quantitative estimate of drug-likeness (QED) is 0.404. The van der Waals surface area contributed by atoms with Crippen LogP contribution in [0.3, 0.4) is 0 Å². The van der Waals surface area contributed by atoms with Crippen LogP contribution in [0.15, 0.2) is 78.9 Å². The van der Waals surface area contributed by atoms with Gasteiger partial charge in [-0.2, -0.15) is 0 Å². The molecule has 1 saturated heterocycles. The zero-order valence-electron chi connectivity index (χ0n) is 20.5. The average Bonchev–Trinajstić information content (AvgIpc) is 3.22. The lowest BCUT2D eigenvalue weighted by Crippen LogP contribution is -2.39. The van der Waals surface area contributed by atoms with Gasteiger partial charge in [0.25, 0.3) is 5.91 Å². The molecule has 3 aromatic carbocycles. The molecule has 0 N–H and O–H groups in total. The van der Waals surface area contributed by atoms with E-state index in [1.165, 1.54) is 11.1 Å². The third-order valence-corrected chi connectivity index (χ3v) is 6.69. The summed E-state index contributed by atoms with van der Waals surface area (Å²) in [6, 6.07) is 25.2. The molecular formula is C30H35FN2O. The molecule has 0 bridgehead atoms. The van der Waals surface area contributed by atoms with E-state index in [0.29, 0.717) is 12.5 Å². The van der Waals surface area contributed by atoms with Crippen molar-refractivity contribution in [3.8, 4) is 0 Å². The number of rotatable bonds is 8. The maximum Gasteiger partial charge on any atom is 0.253 e. The van der Waals surface area contributed by atoms with Crippen molar-refractivity contribution < 1.29 is 9.18 Å². The SMILES string of the molecule is Cc1ccc(CN2C[C@@H](CN(CC(C)C)C(=O)c3ccccc3)[C@@H](c3ccc(F)cc3)C2)cc1. The number of hydrogen-bond acceptors (Lipinski definition) is 2. The molecule has 0 radical (unpaired) electrons. The molecule has 0 aromatic heterocycles. The molecule has 1 heterocycles. The van der Waals surface area contributed by atoms with Crippen LogP contribution in [0.5, 0.6) is 0 Å². The smallest absolute Gasteiger partial charge is 0.253 e. The largest absolute Gasteiger partial charge is 0.338 e. The third-order valence-electron chi connectivity index (χ3n) is 6.69. The second kappa shape index (κ2) is 11.0. The van der Waals surface area contributed by atoms with Crippen LogP contribution in [0.2, 0.25) is 0 Å². The summed E-state index contributed by atoms with van der Waals surface area (Å²) < 4.78 is 13.7. The topological polar surface area (TPSA) is 23.6 Å². The Morgan fingerprint density at radius 3 is 2.29 bits per heavy atom. The number of nitrogens with zero attached hydrogens (tertiary/aromatic N) is 2. The number of carbonyl (C=O) groups is 1. The van der Waals surface area contributed by atoms with Gasteiger partial charge < -0.3 is 4.90 Å². The summed E-state index contributed by atoms with van der Waals surface area (Å²) in [6.45, 7) is 10.5. The Kier molecular flexibility index (Phi) is 7.79. The predicted molar refractivity (Wildman–Crippen MR) is 136 cm³/mol. The van der Waals surface area contributed by atoms with Crippen LogP contribution in [-0.4, -0.2) is 41.9 Å². The van der Waals surface area contributed by atoms with Crippen molar-refractivity contribution in [1.29, 1.82) is 0 Å². The van der Waals surface area contributed by atoms with Crippen molar-refractivity contribution in [2.45, 2.75) is 33.2 Å². The number of amides is 1. The molecule has 1 amide bonds. The Hall–Kier alpha value is -2.98. The molecule has 0 aliphatic carbocycles. The van der Waals surface area contributed by atoms with Gasteiger partial charge >= 0.3 is 0 Å². The highest BCUT2D eigenvalue weighted by Crippen LogP contribution is 2.34. The van der Waals surface area contributed by atoms with Crippen molar-refractivity contribution in [3.05, 3.63) is 107 Å². The third kappa shape index (κ3) is 6.12. The summed E-state index contributed by atoms with van der Waals surface area (Å²) in [4.78, 5) is 17.9. The van der Waals surface area contributed by atoms with Crippen LogP contribution in [-0.2, 0) is 6.54 Å². The molecule has 1 aliphatic rings. The molecule has 178 valence electrons. The van der Waals surface area contributed by atoms with Crippen LogP contribution in [0, 0.1) is 24.6 Å². The van der Waals surface area contributed by atoms with E-state index in [1.807, 2.05) is 47.4 Å². The first-order valence-electron chi connectivity index (χ1n) is 12.3. The molecule has 2 atom stereocenters. The van der Waals surface area contributed by atoms with Crippen LogP contribution in [0.1, 0.15) is 46.8 Å². The molecule has 0 spiro atoms. The zero-order chi connectivity index (χ0) is 24.1. The van der Waals surface area contributed by atoms with Gasteiger partial charge in [0, 0.05) is 44.2 Å². The van der Waals surface area contributed by atoms with E-state index in [9.17, 15) is 9.18 Å². The Morgan fingerprint density at radius 2 is 1.65 bits per heavy atom. The van der Waals surface area contributed by atoms with E-state index in [0.717, 1.165) is 37.3 Å². The van der Waals surface area contributed by atoms with Gasteiger partial charge in [0.1, 0.15) is 5.82 Å². The van der Waals surface area contributed by atoms with Crippen LogP contribution >= 0.6 is 0 Å². The summed E-state index contributed by atoms with van der Waals surface area (Å²) in [5, 5.41) is 0. The van der Waals surface area contributed by atoms with Gasteiger partial charge in [0.2, 0.25) is 0 Å². The fourth-order valence-electron chi connectivity index (χ4n) is 5.04. The first-order chi connectivity index (χ1) is 16.4. The number of aryl methyl sites for hydroxylation is 1. The van der Waals surface area contributed by atoms with Gasteiger partial charge in [-0.05, 0) is 54.2 Å². The van der Waals surface area contributed by atoms with Crippen molar-refractivity contribution in [1.82, 2.24) is 9.80 Å². The highest BCUT2D eigenvalue weighted by atomic mass is 19.1. The number of hydrogen-bond donors (Lipinski definition) is 0. The molecule has 4 heteroatoms. The fraction of sp³-hybridized carbons (Fsp3) is 0.367. The summed E-state index contributed by atoms with van der Waals surface area (Å²) in [6.07, 6.45) is 0. The Morgan fingerprint density at radius 1 is 0.971 bits per heavy atom. The Labute approximate surface area is 203 Å². The van der Waals surface area contributed by atoms with Crippen molar-refractivity contribution in [2.24, 2.45) is 11.8 Å². The maximum absolute atomic E-state index is 13.7. The van der Waals surface area contributed by atoms with E-state index in [2.05, 4.69) is 49.9 Å². The molecule has 3 nitrogen and oxygen atoms in total. The van der Waals surface area contributed by atoms with E-state index in [4.69, 9.17) is 0 Å². The average molecular weight is 459 g/mol. The number of likely N-dealkylation sites (tertiary alicyclic amines) is 1. The van der Waals surface area contributed by atoms with Crippen molar-refractivity contribution >= 4 is 5.91 Å². The summed E-state index contributed by atoms with van der Waals surface area (Å²) in [7, 11) is 0. The number of carbonyl (C=O) groups excluding carboxylic acids is 1. The molecular weight excluding hydrogens is 423 g/mol. The molecule has 1 aliphatic heterocycles. The second-order valence-electron chi connectivity index (χ2n) is 10.1. The lowest BCUT2D eigenvalue weighted by atomic mass is 9.88. The highest BCUT2D eigenvalue weighted by molar-refractivity contribution is 5.94. The molecule has 0 saturated carbocycles. The minimum Gasteiger partial charge on any atom is -0.338 e. The summed E-state index contributed by atoms with van der Waals surface area (Å²) in [5.41, 5.74) is 4.44. The van der Waals surface area contributed by atoms with E-state index in [-0.39, 0.29) is 23.6 Å². The van der Waals surface area contributed by atoms with E-state index in [1.54, 1.807) is 12.1 Å². The standard InChI is InChI=1S/C30H35FN2O/c1-22(2)17-33(30(34)26-7-5-4-6-8-26)20-27-19-32(18-24-11-9-23(3)10-12-24)21-29(27)25-13-15-28(31)16-14-25/h4-16,22,27,29H,17-21H2,1-3H3/t27-,29+/m0/s1. The molecule has 0 unspecified atom stereocenters. The minimum atomic E-state index is -0.213. The first kappa shape index (κ1) is 24.2. The molecule has 34 heavy (non-hydrogen) atoms. The lowest BCUT2D eigenvalue weighted by molar-refractivity contribution is 0.0703. The van der Waals surface area contributed by atoms with Crippen LogP contribution < -0.4 is 0 Å². The van der Waals surface area contributed by atoms with Crippen molar-refractivity contribution in [2.75, 3.05) is 26.2 Å². The normalized spacial score (nSPS) is 18.4. The molecule has 4 rings (SSSR count). The summed E-state index contributed by atoms with van der Waals surface area (Å²) >= 11 is 0. The van der Waals surface area contributed by atoms with Gasteiger partial charge in [0.15, 0.2) is 0 Å². The van der Waals surface area contributed by atoms with E-state index < -0.39 is 0 Å². The molecule has 1 fully saturated rings. The minimum absolute atomic E-state index is 0.0872. The molecule has 3 aromatic rings. The van der Waals surface area contributed by atoms with Gasteiger partial charge in [-0.3, -0.25) is 9.69 Å². The summed E-state index contributed by atoms with van der Waals surface area (Å²) in [5.74, 6) is 0.785. The predicted octanol–water partition coefficient (Wildman–Crippen LogP) is 6.15. The van der Waals surface area contributed by atoms with E-state index >= 15 is 0 Å². The highest BCUT2D eigenvalue weighted by Gasteiger charge is 2.36. The fourth-order valence-corrected chi connectivity index (χ4v) is 5.04. The maximum atomic E-state index is 13.7.